The number of nitrogens with zero attached hydrogens (tertiary/aromatic N) is 1. The van der Waals surface area contributed by atoms with Crippen LogP contribution in [0.5, 0.6) is 11.5 Å². The summed E-state index contributed by atoms with van der Waals surface area (Å²) in [6.45, 7) is 0.00781. The van der Waals surface area contributed by atoms with Gasteiger partial charge < -0.3 is 20.4 Å². The lowest BCUT2D eigenvalue weighted by molar-refractivity contribution is 0.306. The predicted octanol–water partition coefficient (Wildman–Crippen LogP) is 2.35. The van der Waals surface area contributed by atoms with Gasteiger partial charge in [-0.1, -0.05) is 5.16 Å². The van der Waals surface area contributed by atoms with Crippen molar-refractivity contribution in [2.24, 2.45) is 10.9 Å². The molecule has 0 heterocycles. The van der Waals surface area contributed by atoms with E-state index in [0.29, 0.717) is 11.5 Å². The molecule has 0 aromatic heterocycles. The largest absolute Gasteiger partial charge is 0.496 e. The standard InChI is InChI=1S/C9H10Br2N2O3/c1-15-7-2-6(11)8(3-5(7)10)16-4-9(12)13-14/h2-3,14H,4H2,1H3,(H2,12,13). The second-order valence-corrected chi connectivity index (χ2v) is 4.51. The summed E-state index contributed by atoms with van der Waals surface area (Å²) in [5.41, 5.74) is 5.29. The molecule has 0 unspecified atom stereocenters. The Morgan fingerprint density at radius 2 is 1.94 bits per heavy atom. The molecule has 1 aromatic carbocycles. The number of hydrogen-bond acceptors (Lipinski definition) is 4. The topological polar surface area (TPSA) is 77.1 Å². The predicted molar refractivity (Wildman–Crippen MR) is 67.3 cm³/mol. The van der Waals surface area contributed by atoms with E-state index in [4.69, 9.17) is 20.4 Å². The minimum absolute atomic E-state index is 0.00107. The van der Waals surface area contributed by atoms with Gasteiger partial charge in [-0.15, -0.1) is 0 Å². The third-order valence-electron chi connectivity index (χ3n) is 1.71. The molecule has 0 atom stereocenters. The average molecular weight is 354 g/mol. The van der Waals surface area contributed by atoms with Crippen molar-refractivity contribution in [2.75, 3.05) is 13.7 Å². The number of hydrogen-bond donors (Lipinski definition) is 2. The van der Waals surface area contributed by atoms with Crippen LogP contribution in [0.2, 0.25) is 0 Å². The molecule has 88 valence electrons. The second kappa shape index (κ2) is 5.95. The molecule has 5 nitrogen and oxygen atoms in total. The number of amidine groups is 1. The van der Waals surface area contributed by atoms with Crippen LogP contribution in [0.25, 0.3) is 0 Å². The Morgan fingerprint density at radius 3 is 2.50 bits per heavy atom. The van der Waals surface area contributed by atoms with Gasteiger partial charge in [0.15, 0.2) is 5.84 Å². The van der Waals surface area contributed by atoms with E-state index in [2.05, 4.69) is 37.0 Å². The number of rotatable bonds is 4. The lowest BCUT2D eigenvalue weighted by Gasteiger charge is -2.10. The van der Waals surface area contributed by atoms with E-state index in [1.54, 1.807) is 19.2 Å². The monoisotopic (exact) mass is 352 g/mol. The van der Waals surface area contributed by atoms with Crippen LogP contribution < -0.4 is 15.2 Å². The molecule has 3 N–H and O–H groups in total. The van der Waals surface area contributed by atoms with Gasteiger partial charge in [0.05, 0.1) is 16.1 Å². The minimum atomic E-state index is -0.00107. The smallest absolute Gasteiger partial charge is 0.177 e. The SMILES string of the molecule is COc1cc(Br)c(OCC(N)=NO)cc1Br. The number of oxime groups is 1. The van der Waals surface area contributed by atoms with Crippen LogP contribution >= 0.6 is 31.9 Å². The fraction of sp³-hybridized carbons (Fsp3) is 0.222. The van der Waals surface area contributed by atoms with Crippen molar-refractivity contribution >= 4 is 37.7 Å². The van der Waals surface area contributed by atoms with Crippen molar-refractivity contribution in [3.63, 3.8) is 0 Å². The maximum atomic E-state index is 8.36. The summed E-state index contributed by atoms with van der Waals surface area (Å²) in [6.07, 6.45) is 0. The first-order valence-corrected chi connectivity index (χ1v) is 5.79. The summed E-state index contributed by atoms with van der Waals surface area (Å²) < 4.78 is 11.9. The zero-order chi connectivity index (χ0) is 12.1. The Morgan fingerprint density at radius 1 is 1.38 bits per heavy atom. The number of ether oxygens (including phenoxy) is 2. The molecule has 0 aliphatic heterocycles. The molecule has 0 aliphatic rings. The summed E-state index contributed by atoms with van der Waals surface area (Å²) in [4.78, 5) is 0. The normalized spacial score (nSPS) is 11.3. The van der Waals surface area contributed by atoms with Gasteiger partial charge in [-0.25, -0.2) is 0 Å². The highest BCUT2D eigenvalue weighted by atomic mass is 79.9. The Bertz CT molecular complexity index is 410. The van der Waals surface area contributed by atoms with Gasteiger partial charge in [-0.3, -0.25) is 0 Å². The summed E-state index contributed by atoms with van der Waals surface area (Å²) in [6, 6.07) is 3.49. The average Bonchev–Trinajstić information content (AvgIpc) is 2.29. The number of methoxy groups -OCH3 is 1. The maximum Gasteiger partial charge on any atom is 0.177 e. The van der Waals surface area contributed by atoms with Crippen molar-refractivity contribution in [3.8, 4) is 11.5 Å². The maximum absolute atomic E-state index is 8.36. The number of nitrogens with two attached hydrogens (primary N) is 1. The van der Waals surface area contributed by atoms with Crippen molar-refractivity contribution < 1.29 is 14.7 Å². The lowest BCUT2D eigenvalue weighted by Crippen LogP contribution is -2.20. The molecule has 1 aromatic rings. The third kappa shape index (κ3) is 3.28. The molecule has 0 saturated heterocycles. The molecule has 16 heavy (non-hydrogen) atoms. The van der Waals surface area contributed by atoms with E-state index in [0.717, 1.165) is 8.95 Å². The van der Waals surface area contributed by atoms with E-state index < -0.39 is 0 Å². The van der Waals surface area contributed by atoms with E-state index in [1.807, 2.05) is 0 Å². The van der Waals surface area contributed by atoms with E-state index in [9.17, 15) is 0 Å². The van der Waals surface area contributed by atoms with Gasteiger partial charge in [0.1, 0.15) is 18.1 Å². The molecule has 0 spiro atoms. The summed E-state index contributed by atoms with van der Waals surface area (Å²) in [5, 5.41) is 11.2. The highest BCUT2D eigenvalue weighted by molar-refractivity contribution is 9.11. The Balaban J connectivity index is 2.85. The molecular formula is C9H10Br2N2O3. The summed E-state index contributed by atoms with van der Waals surface area (Å²) >= 11 is 6.65. The van der Waals surface area contributed by atoms with Crippen molar-refractivity contribution in [2.45, 2.75) is 0 Å². The summed E-state index contributed by atoms with van der Waals surface area (Å²) in [5.74, 6) is 1.25. The van der Waals surface area contributed by atoms with Gasteiger partial charge in [0, 0.05) is 0 Å². The molecule has 0 amide bonds. The number of halogens is 2. The van der Waals surface area contributed by atoms with Crippen LogP contribution in [0.4, 0.5) is 0 Å². The molecule has 0 saturated carbocycles. The second-order valence-electron chi connectivity index (χ2n) is 2.80. The zero-order valence-corrected chi connectivity index (χ0v) is 11.6. The highest BCUT2D eigenvalue weighted by Gasteiger charge is 2.08. The lowest BCUT2D eigenvalue weighted by atomic mass is 10.3. The van der Waals surface area contributed by atoms with Crippen LogP contribution in [-0.2, 0) is 0 Å². The number of benzene rings is 1. The molecule has 7 heteroatoms. The molecule has 0 bridgehead atoms. The Kier molecular flexibility index (Phi) is 4.88. The van der Waals surface area contributed by atoms with Crippen molar-refractivity contribution in [1.82, 2.24) is 0 Å². The minimum Gasteiger partial charge on any atom is -0.496 e. The van der Waals surface area contributed by atoms with Gasteiger partial charge in [-0.2, -0.15) is 0 Å². The van der Waals surface area contributed by atoms with Crippen LogP contribution in [0.3, 0.4) is 0 Å². The zero-order valence-electron chi connectivity index (χ0n) is 8.41. The molecule has 1 rings (SSSR count). The Hall–Kier alpha value is -0.950. The fourth-order valence-corrected chi connectivity index (χ4v) is 1.88. The fourth-order valence-electron chi connectivity index (χ4n) is 0.958. The van der Waals surface area contributed by atoms with E-state index >= 15 is 0 Å². The van der Waals surface area contributed by atoms with Crippen LogP contribution in [0.1, 0.15) is 0 Å². The first-order valence-electron chi connectivity index (χ1n) is 4.20. The third-order valence-corrected chi connectivity index (χ3v) is 2.95. The van der Waals surface area contributed by atoms with Gasteiger partial charge in [0.25, 0.3) is 0 Å². The van der Waals surface area contributed by atoms with E-state index in [1.165, 1.54) is 0 Å². The first kappa shape index (κ1) is 13.1. The molecule has 0 fully saturated rings. The highest BCUT2D eigenvalue weighted by Crippen LogP contribution is 2.35. The Labute approximate surface area is 109 Å². The van der Waals surface area contributed by atoms with Gasteiger partial charge >= 0.3 is 0 Å². The van der Waals surface area contributed by atoms with Gasteiger partial charge in [0.2, 0.25) is 0 Å². The van der Waals surface area contributed by atoms with E-state index in [-0.39, 0.29) is 12.4 Å². The molecule has 0 radical (unpaired) electrons. The first-order chi connectivity index (χ1) is 7.58. The molecular weight excluding hydrogens is 344 g/mol. The van der Waals surface area contributed by atoms with Gasteiger partial charge in [-0.05, 0) is 44.0 Å². The van der Waals surface area contributed by atoms with Crippen molar-refractivity contribution in [3.05, 3.63) is 21.1 Å². The molecule has 0 aliphatic carbocycles. The van der Waals surface area contributed by atoms with Crippen LogP contribution in [0.15, 0.2) is 26.2 Å². The van der Waals surface area contributed by atoms with Crippen LogP contribution in [0, 0.1) is 0 Å². The van der Waals surface area contributed by atoms with Crippen molar-refractivity contribution in [1.29, 1.82) is 0 Å². The quantitative estimate of drug-likeness (QED) is 0.377. The van der Waals surface area contributed by atoms with Crippen LogP contribution in [-0.4, -0.2) is 24.8 Å². The summed E-state index contributed by atoms with van der Waals surface area (Å²) in [7, 11) is 1.57.